The predicted molar refractivity (Wildman–Crippen MR) is 103 cm³/mol. The third-order valence-corrected chi connectivity index (χ3v) is 3.96. The van der Waals surface area contributed by atoms with Crippen LogP contribution < -0.4 is 14.8 Å². The van der Waals surface area contributed by atoms with Gasteiger partial charge in [0.25, 0.3) is 5.91 Å². The fourth-order valence-electron chi connectivity index (χ4n) is 2.60. The molecule has 0 saturated heterocycles. The first-order valence-electron chi connectivity index (χ1n) is 8.82. The van der Waals surface area contributed by atoms with Crippen LogP contribution in [0.15, 0.2) is 54.7 Å². The minimum Gasteiger partial charge on any atom is -0.491 e. The molecule has 1 heterocycles. The minimum atomic E-state index is -0.871. The van der Waals surface area contributed by atoms with Gasteiger partial charge in [0.1, 0.15) is 11.3 Å². The van der Waals surface area contributed by atoms with Crippen molar-refractivity contribution in [3.05, 3.63) is 60.5 Å². The van der Waals surface area contributed by atoms with Gasteiger partial charge in [0.15, 0.2) is 17.7 Å². The van der Waals surface area contributed by atoms with E-state index in [4.69, 9.17) is 9.47 Å². The number of hydrogen-bond donors (Lipinski definition) is 1. The lowest BCUT2D eigenvalue weighted by Crippen LogP contribution is -2.30. The Morgan fingerprint density at radius 3 is 2.74 bits per heavy atom. The molecule has 1 unspecified atom stereocenters. The Bertz CT molecular complexity index is 946. The molecular formula is C21H21FN2O3. The van der Waals surface area contributed by atoms with Gasteiger partial charge in [-0.25, -0.2) is 4.39 Å². The molecule has 1 amide bonds. The standard InChI is InChI=1S/C21H21FN2O3/c1-3-13-26-19-11-10-17(15-7-6-12-23-20(15)19)24-21(25)14(2)27-18-9-5-4-8-16(18)22/h4-12,14H,3,13H2,1-2H3,(H,24,25). The van der Waals surface area contributed by atoms with Crippen LogP contribution >= 0.6 is 0 Å². The topological polar surface area (TPSA) is 60.5 Å². The third-order valence-electron chi connectivity index (χ3n) is 3.96. The summed E-state index contributed by atoms with van der Waals surface area (Å²) in [6, 6.07) is 13.2. The van der Waals surface area contributed by atoms with Crippen LogP contribution in [0.2, 0.25) is 0 Å². The molecule has 2 aromatic carbocycles. The number of amides is 1. The number of ether oxygens (including phenoxy) is 2. The molecule has 3 rings (SSSR count). The van der Waals surface area contributed by atoms with Gasteiger partial charge >= 0.3 is 0 Å². The van der Waals surface area contributed by atoms with Gasteiger partial charge in [0.2, 0.25) is 0 Å². The van der Waals surface area contributed by atoms with Gasteiger partial charge in [-0.05, 0) is 49.7 Å². The van der Waals surface area contributed by atoms with Crippen molar-refractivity contribution in [3.63, 3.8) is 0 Å². The minimum absolute atomic E-state index is 0.0370. The highest BCUT2D eigenvalue weighted by Gasteiger charge is 2.18. The number of pyridine rings is 1. The van der Waals surface area contributed by atoms with Crippen molar-refractivity contribution < 1.29 is 18.7 Å². The number of carbonyl (C=O) groups is 1. The SMILES string of the molecule is CCCOc1ccc(NC(=O)C(C)Oc2ccccc2F)c2cccnc12. The van der Waals surface area contributed by atoms with E-state index in [9.17, 15) is 9.18 Å². The number of fused-ring (bicyclic) bond motifs is 1. The summed E-state index contributed by atoms with van der Waals surface area (Å²) < 4.78 is 24.9. The first kappa shape index (κ1) is 18.6. The van der Waals surface area contributed by atoms with Crippen molar-refractivity contribution >= 4 is 22.5 Å². The summed E-state index contributed by atoms with van der Waals surface area (Å²) in [4.78, 5) is 16.9. The van der Waals surface area contributed by atoms with Crippen LogP contribution in [0.5, 0.6) is 11.5 Å². The molecule has 0 saturated carbocycles. The molecular weight excluding hydrogens is 347 g/mol. The molecule has 6 heteroatoms. The Morgan fingerprint density at radius 2 is 1.96 bits per heavy atom. The largest absolute Gasteiger partial charge is 0.491 e. The molecule has 5 nitrogen and oxygen atoms in total. The molecule has 1 atom stereocenters. The lowest BCUT2D eigenvalue weighted by Gasteiger charge is -2.17. The van der Waals surface area contributed by atoms with Gasteiger partial charge < -0.3 is 14.8 Å². The zero-order valence-corrected chi connectivity index (χ0v) is 15.2. The number of nitrogens with one attached hydrogen (secondary N) is 1. The summed E-state index contributed by atoms with van der Waals surface area (Å²) in [5, 5.41) is 3.59. The molecule has 140 valence electrons. The van der Waals surface area contributed by atoms with E-state index in [1.54, 1.807) is 43.5 Å². The molecule has 27 heavy (non-hydrogen) atoms. The number of rotatable bonds is 7. The van der Waals surface area contributed by atoms with Crippen molar-refractivity contribution in [2.24, 2.45) is 0 Å². The Kier molecular flexibility index (Phi) is 5.86. The van der Waals surface area contributed by atoms with Crippen LogP contribution in [0.25, 0.3) is 10.9 Å². The molecule has 0 aliphatic carbocycles. The van der Waals surface area contributed by atoms with Gasteiger partial charge in [-0.2, -0.15) is 0 Å². The number of para-hydroxylation sites is 1. The number of aromatic nitrogens is 1. The van der Waals surface area contributed by atoms with Gasteiger partial charge in [0, 0.05) is 11.6 Å². The number of hydrogen-bond acceptors (Lipinski definition) is 4. The van der Waals surface area contributed by atoms with E-state index >= 15 is 0 Å². The van der Waals surface area contributed by atoms with Crippen LogP contribution in [-0.2, 0) is 4.79 Å². The van der Waals surface area contributed by atoms with E-state index < -0.39 is 11.9 Å². The Morgan fingerprint density at radius 1 is 1.15 bits per heavy atom. The van der Waals surface area contributed by atoms with Gasteiger partial charge in [0.05, 0.1) is 12.3 Å². The van der Waals surface area contributed by atoms with Gasteiger partial charge in [-0.1, -0.05) is 19.1 Å². The second-order valence-corrected chi connectivity index (χ2v) is 6.04. The van der Waals surface area contributed by atoms with E-state index in [1.807, 2.05) is 13.0 Å². The lowest BCUT2D eigenvalue weighted by atomic mass is 10.1. The number of anilines is 1. The van der Waals surface area contributed by atoms with Crippen LogP contribution in [0, 0.1) is 5.82 Å². The van der Waals surface area contributed by atoms with Gasteiger partial charge in [-0.3, -0.25) is 9.78 Å². The first-order valence-corrected chi connectivity index (χ1v) is 8.82. The molecule has 1 aromatic heterocycles. The summed E-state index contributed by atoms with van der Waals surface area (Å²) in [7, 11) is 0. The normalized spacial score (nSPS) is 11.8. The number of nitrogens with zero attached hydrogens (tertiary/aromatic N) is 1. The summed E-state index contributed by atoms with van der Waals surface area (Å²) in [6.45, 7) is 4.19. The van der Waals surface area contributed by atoms with E-state index in [1.165, 1.54) is 12.1 Å². The first-order chi connectivity index (χ1) is 13.1. The van der Waals surface area contributed by atoms with Gasteiger partial charge in [-0.15, -0.1) is 0 Å². The number of benzene rings is 2. The smallest absolute Gasteiger partial charge is 0.265 e. The molecule has 0 spiro atoms. The average molecular weight is 368 g/mol. The van der Waals surface area contributed by atoms with E-state index in [-0.39, 0.29) is 11.7 Å². The van der Waals surface area contributed by atoms with Crippen LogP contribution in [0.1, 0.15) is 20.3 Å². The third kappa shape index (κ3) is 4.34. The van der Waals surface area contributed by atoms with Crippen molar-refractivity contribution in [3.8, 4) is 11.5 Å². The quantitative estimate of drug-likeness (QED) is 0.664. The summed E-state index contributed by atoms with van der Waals surface area (Å²) in [5.41, 5.74) is 1.27. The molecule has 0 fully saturated rings. The van der Waals surface area contributed by atoms with E-state index in [2.05, 4.69) is 10.3 Å². The highest BCUT2D eigenvalue weighted by atomic mass is 19.1. The molecule has 1 N–H and O–H groups in total. The molecule has 0 aliphatic heterocycles. The van der Waals surface area contributed by atoms with Crippen molar-refractivity contribution in [2.75, 3.05) is 11.9 Å². The second kappa shape index (κ2) is 8.49. The zero-order chi connectivity index (χ0) is 19.2. The fraction of sp³-hybridized carbons (Fsp3) is 0.238. The fourth-order valence-corrected chi connectivity index (χ4v) is 2.60. The maximum Gasteiger partial charge on any atom is 0.265 e. The van der Waals surface area contributed by atoms with Crippen LogP contribution in [0.3, 0.4) is 0 Å². The maximum atomic E-state index is 13.7. The molecule has 3 aromatic rings. The molecule has 0 aliphatic rings. The van der Waals surface area contributed by atoms with Crippen molar-refractivity contribution in [1.82, 2.24) is 4.98 Å². The van der Waals surface area contributed by atoms with E-state index in [0.29, 0.717) is 23.6 Å². The Labute approximate surface area is 157 Å². The number of halogens is 1. The second-order valence-electron chi connectivity index (χ2n) is 6.04. The highest BCUT2D eigenvalue weighted by molar-refractivity contribution is 6.04. The summed E-state index contributed by atoms with van der Waals surface area (Å²) in [6.07, 6.45) is 1.69. The lowest BCUT2D eigenvalue weighted by molar-refractivity contribution is -0.122. The Hall–Kier alpha value is -3.15. The zero-order valence-electron chi connectivity index (χ0n) is 15.2. The molecule has 0 bridgehead atoms. The summed E-state index contributed by atoms with van der Waals surface area (Å²) >= 11 is 0. The molecule has 0 radical (unpaired) electrons. The van der Waals surface area contributed by atoms with Crippen molar-refractivity contribution in [1.29, 1.82) is 0 Å². The van der Waals surface area contributed by atoms with E-state index in [0.717, 1.165) is 11.8 Å². The maximum absolute atomic E-state index is 13.7. The number of carbonyl (C=O) groups excluding carboxylic acids is 1. The monoisotopic (exact) mass is 368 g/mol. The Balaban J connectivity index is 1.79. The van der Waals surface area contributed by atoms with Crippen LogP contribution in [-0.4, -0.2) is 23.6 Å². The highest BCUT2D eigenvalue weighted by Crippen LogP contribution is 2.30. The van der Waals surface area contributed by atoms with Crippen LogP contribution in [0.4, 0.5) is 10.1 Å². The summed E-state index contributed by atoms with van der Waals surface area (Å²) in [5.74, 6) is -0.189. The van der Waals surface area contributed by atoms with Crippen molar-refractivity contribution in [2.45, 2.75) is 26.4 Å². The average Bonchev–Trinajstić information content (AvgIpc) is 2.69. The predicted octanol–water partition coefficient (Wildman–Crippen LogP) is 4.57.